The third-order valence-electron chi connectivity index (χ3n) is 7.02. The number of anilines is 2. The Balaban J connectivity index is 1.20. The first-order valence-electron chi connectivity index (χ1n) is 12.4. The Morgan fingerprint density at radius 1 is 1.05 bits per heavy atom. The fourth-order valence-electron chi connectivity index (χ4n) is 4.87. The largest absolute Gasteiger partial charge is 0.423 e. The number of carbonyl (C=O) groups is 1. The topological polar surface area (TPSA) is 88.0 Å². The number of nitrogens with one attached hydrogen (secondary N) is 1. The summed E-state index contributed by atoms with van der Waals surface area (Å²) in [7, 11) is 0. The molecule has 0 spiro atoms. The summed E-state index contributed by atoms with van der Waals surface area (Å²) >= 11 is 0. The van der Waals surface area contributed by atoms with Crippen LogP contribution >= 0.6 is 0 Å². The number of benzene rings is 2. The number of rotatable bonds is 7. The highest BCUT2D eigenvalue weighted by atomic mass is 19.4. The van der Waals surface area contributed by atoms with Crippen molar-refractivity contribution in [2.75, 3.05) is 43.0 Å². The first kappa shape index (κ1) is 26.7. The molecule has 4 rings (SSSR count). The third-order valence-corrected chi connectivity index (χ3v) is 7.02. The monoisotopic (exact) mass is 520 g/mol. The number of ether oxygens (including phenoxy) is 1. The molecule has 11 heteroatoms. The number of piperazine rings is 1. The molecular formula is C26H31F3N4O4. The number of amides is 1. The van der Waals surface area contributed by atoms with Gasteiger partial charge in [0.15, 0.2) is 0 Å². The zero-order chi connectivity index (χ0) is 26.6. The molecule has 1 aliphatic heterocycles. The molecule has 1 saturated heterocycles. The van der Waals surface area contributed by atoms with Gasteiger partial charge < -0.3 is 19.9 Å². The first-order valence-corrected chi connectivity index (χ1v) is 12.4. The Kier molecular flexibility index (Phi) is 8.21. The molecule has 1 saturated carbocycles. The fraction of sp³-hybridized carbons (Fsp3) is 0.500. The van der Waals surface area contributed by atoms with Gasteiger partial charge in [0.25, 0.3) is 5.69 Å². The van der Waals surface area contributed by atoms with Gasteiger partial charge in [0.1, 0.15) is 12.2 Å². The average molecular weight is 521 g/mol. The Bertz CT molecular complexity index is 1090. The Hall–Kier alpha value is -3.34. The lowest BCUT2D eigenvalue weighted by Crippen LogP contribution is -2.50. The summed E-state index contributed by atoms with van der Waals surface area (Å²) in [5.41, 5.74) is 0.334. The number of hydrogen-bond donors (Lipinski definition) is 1. The lowest BCUT2D eigenvalue weighted by molar-refractivity contribution is -0.388. The number of carbonyl (C=O) groups excluding carboxylic acids is 1. The Morgan fingerprint density at radius 2 is 1.70 bits per heavy atom. The number of aryl methyl sites for hydroxylation is 1. The van der Waals surface area contributed by atoms with E-state index in [0.717, 1.165) is 30.9 Å². The van der Waals surface area contributed by atoms with E-state index >= 15 is 0 Å². The van der Waals surface area contributed by atoms with Crippen molar-refractivity contribution in [2.24, 2.45) is 0 Å². The van der Waals surface area contributed by atoms with E-state index in [-0.39, 0.29) is 30.3 Å². The minimum Gasteiger partial charge on any atom is -0.382 e. The predicted molar refractivity (Wildman–Crippen MR) is 134 cm³/mol. The van der Waals surface area contributed by atoms with Crippen LogP contribution in [-0.4, -0.2) is 60.7 Å². The van der Waals surface area contributed by atoms with Gasteiger partial charge in [0, 0.05) is 49.7 Å². The lowest BCUT2D eigenvalue weighted by Gasteiger charge is -2.36. The molecule has 1 amide bonds. The highest BCUT2D eigenvalue weighted by Crippen LogP contribution is 2.38. The van der Waals surface area contributed by atoms with Crippen molar-refractivity contribution in [2.45, 2.75) is 50.9 Å². The molecule has 8 nitrogen and oxygen atoms in total. The molecule has 1 N–H and O–H groups in total. The standard InChI is InChI=1S/C26H31F3N4O4/c1-18-2-7-21(8-3-18)31-12-14-32(15-13-31)25(34)17-37-22-9-4-19(5-10-22)30-20-6-11-24(33(35)36)23(16-20)26(27,28)29/h2-3,6-8,11,16,19,22,30H,4-5,9-10,12-15,17H2,1H3/t19-,22-. The molecule has 2 aromatic carbocycles. The quantitative estimate of drug-likeness (QED) is 0.408. The predicted octanol–water partition coefficient (Wildman–Crippen LogP) is 5.01. The maximum Gasteiger partial charge on any atom is 0.423 e. The summed E-state index contributed by atoms with van der Waals surface area (Å²) in [6.07, 6.45) is -2.24. The molecule has 2 aromatic rings. The second kappa shape index (κ2) is 11.4. The van der Waals surface area contributed by atoms with Crippen molar-refractivity contribution in [3.05, 3.63) is 63.7 Å². The average Bonchev–Trinajstić information content (AvgIpc) is 2.88. The Labute approximate surface area is 213 Å². The minimum atomic E-state index is -4.81. The van der Waals surface area contributed by atoms with Gasteiger partial charge in [-0.25, -0.2) is 0 Å². The van der Waals surface area contributed by atoms with Crippen LogP contribution in [0.15, 0.2) is 42.5 Å². The number of hydrogen-bond acceptors (Lipinski definition) is 6. The van der Waals surface area contributed by atoms with Gasteiger partial charge in [-0.05, 0) is 56.9 Å². The lowest BCUT2D eigenvalue weighted by atomic mass is 9.92. The Morgan fingerprint density at radius 3 is 2.30 bits per heavy atom. The fourth-order valence-corrected chi connectivity index (χ4v) is 4.87. The summed E-state index contributed by atoms with van der Waals surface area (Å²) in [6, 6.07) is 11.2. The number of nitro groups is 1. The third kappa shape index (κ3) is 6.91. The summed E-state index contributed by atoms with van der Waals surface area (Å²) in [5.74, 6) is -0.0330. The summed E-state index contributed by atoms with van der Waals surface area (Å²) < 4.78 is 45.6. The molecule has 2 fully saturated rings. The molecule has 2 aliphatic rings. The van der Waals surface area contributed by atoms with Crippen LogP contribution in [0.3, 0.4) is 0 Å². The zero-order valence-electron chi connectivity index (χ0n) is 20.7. The molecule has 0 unspecified atom stereocenters. The highest BCUT2D eigenvalue weighted by Gasteiger charge is 2.38. The van der Waals surface area contributed by atoms with Crippen LogP contribution in [0.25, 0.3) is 0 Å². The van der Waals surface area contributed by atoms with Gasteiger partial charge in [-0.15, -0.1) is 0 Å². The number of alkyl halides is 3. The van der Waals surface area contributed by atoms with E-state index in [2.05, 4.69) is 41.4 Å². The number of halogens is 3. The van der Waals surface area contributed by atoms with Crippen molar-refractivity contribution in [1.82, 2.24) is 4.90 Å². The first-order chi connectivity index (χ1) is 17.6. The summed E-state index contributed by atoms with van der Waals surface area (Å²) in [6.45, 7) is 4.89. The van der Waals surface area contributed by atoms with Crippen LogP contribution in [0.1, 0.15) is 36.8 Å². The second-order valence-electron chi connectivity index (χ2n) is 9.62. The zero-order valence-corrected chi connectivity index (χ0v) is 20.7. The van der Waals surface area contributed by atoms with Gasteiger partial charge in [-0.3, -0.25) is 14.9 Å². The molecule has 0 bridgehead atoms. The molecule has 1 aliphatic carbocycles. The van der Waals surface area contributed by atoms with Crippen LogP contribution in [0.5, 0.6) is 0 Å². The highest BCUT2D eigenvalue weighted by molar-refractivity contribution is 5.77. The van der Waals surface area contributed by atoms with Crippen LogP contribution in [-0.2, 0) is 15.7 Å². The van der Waals surface area contributed by atoms with Crippen molar-refractivity contribution in [3.8, 4) is 0 Å². The smallest absolute Gasteiger partial charge is 0.382 e. The van der Waals surface area contributed by atoms with Crippen molar-refractivity contribution < 1.29 is 27.6 Å². The number of nitro benzene ring substituents is 1. The van der Waals surface area contributed by atoms with E-state index < -0.39 is 22.4 Å². The molecule has 0 radical (unpaired) electrons. The molecular weight excluding hydrogens is 489 g/mol. The summed E-state index contributed by atoms with van der Waals surface area (Å²) in [4.78, 5) is 26.7. The van der Waals surface area contributed by atoms with Gasteiger partial charge >= 0.3 is 6.18 Å². The summed E-state index contributed by atoms with van der Waals surface area (Å²) in [5, 5.41) is 14.0. The maximum absolute atomic E-state index is 13.2. The van der Waals surface area contributed by atoms with Crippen LogP contribution in [0, 0.1) is 17.0 Å². The maximum atomic E-state index is 13.2. The van der Waals surface area contributed by atoms with E-state index in [1.807, 2.05) is 4.90 Å². The van der Waals surface area contributed by atoms with Gasteiger partial charge in [0.2, 0.25) is 5.91 Å². The molecule has 0 aromatic heterocycles. The van der Waals surface area contributed by atoms with Crippen LogP contribution < -0.4 is 10.2 Å². The van der Waals surface area contributed by atoms with Crippen LogP contribution in [0.2, 0.25) is 0 Å². The number of nitrogens with zero attached hydrogens (tertiary/aromatic N) is 3. The molecule has 200 valence electrons. The van der Waals surface area contributed by atoms with E-state index in [0.29, 0.717) is 38.8 Å². The van der Waals surface area contributed by atoms with Gasteiger partial charge in [0.05, 0.1) is 11.0 Å². The van der Waals surface area contributed by atoms with Crippen molar-refractivity contribution in [1.29, 1.82) is 0 Å². The molecule has 0 atom stereocenters. The van der Waals surface area contributed by atoms with Crippen molar-refractivity contribution >= 4 is 23.0 Å². The second-order valence-corrected chi connectivity index (χ2v) is 9.62. The van der Waals surface area contributed by atoms with E-state index in [4.69, 9.17) is 4.74 Å². The molecule has 37 heavy (non-hydrogen) atoms. The van der Waals surface area contributed by atoms with E-state index in [1.165, 1.54) is 11.6 Å². The van der Waals surface area contributed by atoms with E-state index in [9.17, 15) is 28.1 Å². The van der Waals surface area contributed by atoms with Gasteiger partial charge in [-0.2, -0.15) is 13.2 Å². The van der Waals surface area contributed by atoms with Crippen molar-refractivity contribution in [3.63, 3.8) is 0 Å². The van der Waals surface area contributed by atoms with Crippen LogP contribution in [0.4, 0.5) is 30.2 Å². The molecule has 1 heterocycles. The normalized spacial score (nSPS) is 20.5. The van der Waals surface area contributed by atoms with E-state index in [1.54, 1.807) is 0 Å². The minimum absolute atomic E-state index is 0.0184. The SMILES string of the molecule is Cc1ccc(N2CCN(C(=O)CO[C@H]3CC[C@H](Nc4ccc([N+](=O)[O-])c(C(F)(F)F)c4)CC3)CC2)cc1. The van der Waals surface area contributed by atoms with Gasteiger partial charge in [-0.1, -0.05) is 17.7 Å².